The highest BCUT2D eigenvalue weighted by molar-refractivity contribution is 6.04. The number of nitrogens with zero attached hydrogens (tertiary/aromatic N) is 3. The van der Waals surface area contributed by atoms with E-state index in [-0.39, 0.29) is 5.91 Å². The fourth-order valence-corrected chi connectivity index (χ4v) is 4.63. The summed E-state index contributed by atoms with van der Waals surface area (Å²) in [5, 5.41) is 2.97. The van der Waals surface area contributed by atoms with Crippen molar-refractivity contribution in [3.05, 3.63) is 101 Å². The topological polar surface area (TPSA) is 61.6 Å². The molecule has 0 atom stereocenters. The van der Waals surface area contributed by atoms with E-state index in [2.05, 4.69) is 71.4 Å². The Morgan fingerprint density at radius 2 is 1.59 bits per heavy atom. The zero-order valence-corrected chi connectivity index (χ0v) is 21.8. The number of para-hydroxylation sites is 1. The van der Waals surface area contributed by atoms with Gasteiger partial charge in [-0.3, -0.25) is 9.69 Å². The summed E-state index contributed by atoms with van der Waals surface area (Å²) in [5.74, 6) is 1.75. The van der Waals surface area contributed by atoms with Crippen molar-refractivity contribution in [3.63, 3.8) is 0 Å². The first kappa shape index (κ1) is 24.8. The molecular weight excluding hydrogens is 460 g/mol. The Morgan fingerprint density at radius 3 is 2.24 bits per heavy atom. The number of hydrogen-bond donors (Lipinski definition) is 1. The van der Waals surface area contributed by atoms with E-state index in [9.17, 15) is 4.79 Å². The van der Waals surface area contributed by atoms with Crippen LogP contribution in [0.3, 0.4) is 0 Å². The molecule has 2 heterocycles. The van der Waals surface area contributed by atoms with Gasteiger partial charge in [0, 0.05) is 55.2 Å². The zero-order valence-electron chi connectivity index (χ0n) is 21.8. The number of aryl methyl sites for hydroxylation is 1. The van der Waals surface area contributed by atoms with E-state index < -0.39 is 0 Å². The summed E-state index contributed by atoms with van der Waals surface area (Å²) in [6.45, 7) is 11.0. The van der Waals surface area contributed by atoms with Gasteiger partial charge in [-0.25, -0.2) is 4.98 Å². The molecule has 0 saturated carbocycles. The van der Waals surface area contributed by atoms with Crippen molar-refractivity contribution in [1.82, 2.24) is 9.88 Å². The maximum absolute atomic E-state index is 12.7. The van der Waals surface area contributed by atoms with Crippen LogP contribution in [0.25, 0.3) is 11.5 Å². The molecule has 1 N–H and O–H groups in total. The number of carbonyl (C=O) groups excluding carboxylic acids is 1. The summed E-state index contributed by atoms with van der Waals surface area (Å²) < 4.78 is 6.01. The van der Waals surface area contributed by atoms with Crippen molar-refractivity contribution in [2.24, 2.45) is 0 Å². The number of piperazine rings is 1. The molecule has 6 heteroatoms. The first-order chi connectivity index (χ1) is 18.0. The van der Waals surface area contributed by atoms with Gasteiger partial charge in [0.15, 0.2) is 0 Å². The van der Waals surface area contributed by atoms with Gasteiger partial charge in [-0.1, -0.05) is 44.2 Å². The number of rotatable bonds is 7. The minimum Gasteiger partial charge on any atom is -0.441 e. The molecular formula is C31H34N4O2. The number of amides is 1. The second-order valence-corrected chi connectivity index (χ2v) is 9.93. The van der Waals surface area contributed by atoms with Crippen LogP contribution < -0.4 is 10.2 Å². The van der Waals surface area contributed by atoms with Crippen LogP contribution in [0.2, 0.25) is 0 Å². The van der Waals surface area contributed by atoms with Gasteiger partial charge >= 0.3 is 0 Å². The number of anilines is 2. The van der Waals surface area contributed by atoms with E-state index >= 15 is 0 Å². The van der Waals surface area contributed by atoms with E-state index in [1.807, 2.05) is 43.3 Å². The van der Waals surface area contributed by atoms with Crippen LogP contribution >= 0.6 is 0 Å². The molecule has 1 aliphatic rings. The van der Waals surface area contributed by atoms with Gasteiger partial charge in [0.05, 0.1) is 5.69 Å². The van der Waals surface area contributed by atoms with Gasteiger partial charge in [0.2, 0.25) is 5.89 Å². The van der Waals surface area contributed by atoms with Crippen molar-refractivity contribution >= 4 is 17.3 Å². The molecule has 4 aromatic rings. The molecule has 0 aliphatic carbocycles. The Morgan fingerprint density at radius 1 is 0.919 bits per heavy atom. The standard InChI is InChI=1S/C31H34N4O2/c1-22(2)24-13-15-27(16-14-24)32-30(36)25-9-11-26(12-10-25)31-33-29(23(3)37-31)21-34-17-19-35(20-18-34)28-7-5-4-6-8-28/h4-16,22H,17-21H2,1-3H3,(H,32,36). The normalized spacial score (nSPS) is 14.2. The largest absolute Gasteiger partial charge is 0.441 e. The monoisotopic (exact) mass is 494 g/mol. The third-order valence-electron chi connectivity index (χ3n) is 6.99. The van der Waals surface area contributed by atoms with E-state index in [1.54, 1.807) is 0 Å². The van der Waals surface area contributed by atoms with Gasteiger partial charge in [-0.15, -0.1) is 0 Å². The Balaban J connectivity index is 1.18. The lowest BCUT2D eigenvalue weighted by atomic mass is 10.0. The van der Waals surface area contributed by atoms with E-state index in [4.69, 9.17) is 9.40 Å². The number of oxazole rings is 1. The van der Waals surface area contributed by atoms with Crippen molar-refractivity contribution in [1.29, 1.82) is 0 Å². The van der Waals surface area contributed by atoms with Crippen molar-refractivity contribution in [2.75, 3.05) is 36.4 Å². The predicted octanol–water partition coefficient (Wildman–Crippen LogP) is 6.35. The van der Waals surface area contributed by atoms with E-state index in [1.165, 1.54) is 11.3 Å². The zero-order chi connectivity index (χ0) is 25.8. The third kappa shape index (κ3) is 5.92. The average Bonchev–Trinajstić information content (AvgIpc) is 3.29. The number of nitrogens with one attached hydrogen (secondary N) is 1. The van der Waals surface area contributed by atoms with E-state index in [0.29, 0.717) is 17.4 Å². The number of hydrogen-bond acceptors (Lipinski definition) is 5. The smallest absolute Gasteiger partial charge is 0.255 e. The molecule has 37 heavy (non-hydrogen) atoms. The second kappa shape index (κ2) is 11.0. The molecule has 1 aliphatic heterocycles. The Kier molecular flexibility index (Phi) is 7.37. The highest BCUT2D eigenvalue weighted by atomic mass is 16.4. The fraction of sp³-hybridized carbons (Fsp3) is 0.290. The molecule has 1 aromatic heterocycles. The van der Waals surface area contributed by atoms with Crippen LogP contribution in [-0.2, 0) is 6.54 Å². The molecule has 1 amide bonds. The Labute approximate surface area is 218 Å². The minimum absolute atomic E-state index is 0.136. The maximum Gasteiger partial charge on any atom is 0.255 e. The second-order valence-electron chi connectivity index (χ2n) is 9.93. The van der Waals surface area contributed by atoms with Gasteiger partial charge in [-0.2, -0.15) is 0 Å². The molecule has 0 bridgehead atoms. The summed E-state index contributed by atoms with van der Waals surface area (Å²) in [6, 6.07) is 26.0. The van der Waals surface area contributed by atoms with Crippen LogP contribution in [0.15, 0.2) is 83.3 Å². The number of carbonyl (C=O) groups is 1. The summed E-state index contributed by atoms with van der Waals surface area (Å²) in [4.78, 5) is 22.4. The van der Waals surface area contributed by atoms with Crippen LogP contribution in [0, 0.1) is 6.92 Å². The van der Waals surface area contributed by atoms with Crippen molar-refractivity contribution in [2.45, 2.75) is 33.2 Å². The fourth-order valence-electron chi connectivity index (χ4n) is 4.63. The summed E-state index contributed by atoms with van der Waals surface area (Å²) >= 11 is 0. The van der Waals surface area contributed by atoms with Crippen LogP contribution in [0.5, 0.6) is 0 Å². The first-order valence-electron chi connectivity index (χ1n) is 13.0. The van der Waals surface area contributed by atoms with Crippen LogP contribution in [0.4, 0.5) is 11.4 Å². The first-order valence-corrected chi connectivity index (χ1v) is 13.0. The van der Waals surface area contributed by atoms with Gasteiger partial charge in [0.25, 0.3) is 5.91 Å². The number of aromatic nitrogens is 1. The molecule has 1 fully saturated rings. The molecule has 1 saturated heterocycles. The van der Waals surface area contributed by atoms with Gasteiger partial charge in [0.1, 0.15) is 5.76 Å². The van der Waals surface area contributed by atoms with Gasteiger partial charge < -0.3 is 14.6 Å². The SMILES string of the molecule is Cc1oc(-c2ccc(C(=O)Nc3ccc(C(C)C)cc3)cc2)nc1CN1CCN(c2ccccc2)CC1. The summed E-state index contributed by atoms with van der Waals surface area (Å²) in [5.41, 5.74) is 5.74. The lowest BCUT2D eigenvalue weighted by molar-refractivity contribution is 0.102. The Hall–Kier alpha value is -3.90. The van der Waals surface area contributed by atoms with Crippen molar-refractivity contribution in [3.8, 4) is 11.5 Å². The summed E-state index contributed by atoms with van der Waals surface area (Å²) in [7, 11) is 0. The highest BCUT2D eigenvalue weighted by Gasteiger charge is 2.20. The van der Waals surface area contributed by atoms with Gasteiger partial charge in [-0.05, 0) is 66.9 Å². The molecule has 0 unspecified atom stereocenters. The quantitative estimate of drug-likeness (QED) is 0.324. The van der Waals surface area contributed by atoms with Crippen molar-refractivity contribution < 1.29 is 9.21 Å². The predicted molar refractivity (Wildman–Crippen MR) is 149 cm³/mol. The lowest BCUT2D eigenvalue weighted by Gasteiger charge is -2.35. The Bertz CT molecular complexity index is 1320. The molecule has 190 valence electrons. The highest BCUT2D eigenvalue weighted by Crippen LogP contribution is 2.25. The average molecular weight is 495 g/mol. The molecule has 3 aromatic carbocycles. The van der Waals surface area contributed by atoms with E-state index in [0.717, 1.165) is 55.4 Å². The summed E-state index contributed by atoms with van der Waals surface area (Å²) in [6.07, 6.45) is 0. The van der Waals surface area contributed by atoms with Crippen LogP contribution in [0.1, 0.15) is 47.1 Å². The molecule has 0 spiro atoms. The van der Waals surface area contributed by atoms with Crippen LogP contribution in [-0.4, -0.2) is 42.0 Å². The molecule has 0 radical (unpaired) electrons. The maximum atomic E-state index is 12.7. The molecule has 6 nitrogen and oxygen atoms in total. The molecule has 5 rings (SSSR count). The minimum atomic E-state index is -0.136. The lowest BCUT2D eigenvalue weighted by Crippen LogP contribution is -2.46. The number of benzene rings is 3. The third-order valence-corrected chi connectivity index (χ3v) is 6.99.